The average molecular weight is 356 g/mol. The van der Waals surface area contributed by atoms with Crippen LogP contribution in [0, 0.1) is 0 Å². The fraction of sp³-hybridized carbons (Fsp3) is 0.250. The van der Waals surface area contributed by atoms with Gasteiger partial charge in [-0.15, -0.1) is 11.3 Å². The Labute approximate surface area is 143 Å². The van der Waals surface area contributed by atoms with Gasteiger partial charge in [0, 0.05) is 17.9 Å². The predicted molar refractivity (Wildman–Crippen MR) is 90.9 cm³/mol. The first-order valence-electron chi connectivity index (χ1n) is 6.79. The maximum atomic E-state index is 11.9. The lowest BCUT2D eigenvalue weighted by Gasteiger charge is -2.14. The van der Waals surface area contributed by atoms with E-state index in [-0.39, 0.29) is 30.6 Å². The Bertz CT molecular complexity index is 684. The molecule has 0 spiro atoms. The van der Waals surface area contributed by atoms with E-state index in [1.54, 1.807) is 18.2 Å². The van der Waals surface area contributed by atoms with Crippen LogP contribution in [0.1, 0.15) is 41.0 Å². The minimum absolute atomic E-state index is 0.0672. The Hall–Kier alpha value is -1.36. The van der Waals surface area contributed by atoms with Crippen molar-refractivity contribution in [3.8, 4) is 0 Å². The van der Waals surface area contributed by atoms with Crippen LogP contribution in [0.3, 0.4) is 0 Å². The van der Waals surface area contributed by atoms with Gasteiger partial charge in [-0.1, -0.05) is 35.3 Å². The maximum Gasteiger partial charge on any atom is 0.220 e. The minimum atomic E-state index is -0.163. The van der Waals surface area contributed by atoms with Gasteiger partial charge in [-0.2, -0.15) is 0 Å². The molecule has 2 aromatic rings. The summed E-state index contributed by atoms with van der Waals surface area (Å²) in [5.74, 6) is -0.231. The zero-order chi connectivity index (χ0) is 16.1. The molecule has 116 valence electrons. The third-order valence-corrected chi connectivity index (χ3v) is 4.66. The van der Waals surface area contributed by atoms with Gasteiger partial charge in [0.15, 0.2) is 5.78 Å². The normalized spacial score (nSPS) is 12.0. The van der Waals surface area contributed by atoms with Crippen molar-refractivity contribution >= 4 is 46.2 Å². The van der Waals surface area contributed by atoms with E-state index < -0.39 is 0 Å². The number of Topliss-reactive ketones (excluding diaryl/α,β-unsaturated/α-hetero) is 1. The number of rotatable bonds is 6. The third kappa shape index (κ3) is 4.83. The van der Waals surface area contributed by atoms with E-state index in [2.05, 4.69) is 5.32 Å². The quantitative estimate of drug-likeness (QED) is 0.749. The van der Waals surface area contributed by atoms with Gasteiger partial charge in [-0.05, 0) is 36.8 Å². The molecular weight excluding hydrogens is 341 g/mol. The van der Waals surface area contributed by atoms with Gasteiger partial charge in [-0.25, -0.2) is 0 Å². The predicted octanol–water partition coefficient (Wildman–Crippen LogP) is 4.90. The molecular formula is C16H15Cl2NO2S. The summed E-state index contributed by atoms with van der Waals surface area (Å²) < 4.78 is 0.572. The van der Waals surface area contributed by atoms with Crippen molar-refractivity contribution in [1.82, 2.24) is 5.32 Å². The summed E-state index contributed by atoms with van der Waals surface area (Å²) >= 11 is 13.0. The van der Waals surface area contributed by atoms with Crippen LogP contribution in [-0.4, -0.2) is 11.7 Å². The van der Waals surface area contributed by atoms with Gasteiger partial charge >= 0.3 is 0 Å². The maximum absolute atomic E-state index is 11.9. The van der Waals surface area contributed by atoms with E-state index in [0.29, 0.717) is 14.2 Å². The summed E-state index contributed by atoms with van der Waals surface area (Å²) in [5.41, 5.74) is 0.928. The van der Waals surface area contributed by atoms with E-state index in [4.69, 9.17) is 23.2 Å². The number of halogens is 2. The number of ketones is 1. The van der Waals surface area contributed by atoms with Crippen LogP contribution < -0.4 is 5.32 Å². The summed E-state index contributed by atoms with van der Waals surface area (Å²) in [4.78, 5) is 24.4. The number of thiophene rings is 1. The fourth-order valence-electron chi connectivity index (χ4n) is 1.99. The Balaban J connectivity index is 1.84. The highest BCUT2D eigenvalue weighted by atomic mass is 35.5. The van der Waals surface area contributed by atoms with E-state index in [0.717, 1.165) is 5.56 Å². The second-order valence-electron chi connectivity index (χ2n) is 4.87. The lowest BCUT2D eigenvalue weighted by atomic mass is 10.1. The third-order valence-electron chi connectivity index (χ3n) is 3.15. The number of amides is 1. The summed E-state index contributed by atoms with van der Waals surface area (Å²) in [7, 11) is 0. The number of hydrogen-bond donors (Lipinski definition) is 1. The van der Waals surface area contributed by atoms with Crippen molar-refractivity contribution in [3.05, 3.63) is 56.2 Å². The smallest absolute Gasteiger partial charge is 0.220 e. The van der Waals surface area contributed by atoms with Crippen molar-refractivity contribution < 1.29 is 9.59 Å². The molecule has 6 heteroatoms. The number of benzene rings is 1. The molecule has 1 unspecified atom stereocenters. The molecule has 0 aliphatic rings. The highest BCUT2D eigenvalue weighted by molar-refractivity contribution is 7.18. The van der Waals surface area contributed by atoms with Crippen molar-refractivity contribution in [3.63, 3.8) is 0 Å². The largest absolute Gasteiger partial charge is 0.350 e. The molecule has 1 heterocycles. The number of hydrogen-bond acceptors (Lipinski definition) is 3. The van der Waals surface area contributed by atoms with Crippen LogP contribution in [0.4, 0.5) is 0 Å². The molecule has 22 heavy (non-hydrogen) atoms. The summed E-state index contributed by atoms with van der Waals surface area (Å²) in [5, 5.41) is 3.49. The van der Waals surface area contributed by atoms with Gasteiger partial charge < -0.3 is 5.32 Å². The molecule has 3 nitrogen and oxygen atoms in total. The van der Waals surface area contributed by atoms with Crippen molar-refractivity contribution in [1.29, 1.82) is 0 Å². The van der Waals surface area contributed by atoms with E-state index >= 15 is 0 Å². The molecule has 1 aromatic carbocycles. The van der Waals surface area contributed by atoms with E-state index in [1.807, 2.05) is 25.1 Å². The van der Waals surface area contributed by atoms with Crippen LogP contribution >= 0.6 is 34.5 Å². The van der Waals surface area contributed by atoms with Crippen molar-refractivity contribution in [2.75, 3.05) is 0 Å². The van der Waals surface area contributed by atoms with Crippen molar-refractivity contribution in [2.45, 2.75) is 25.8 Å². The Morgan fingerprint density at radius 1 is 1.18 bits per heavy atom. The lowest BCUT2D eigenvalue weighted by molar-refractivity contribution is -0.121. The molecule has 2 rings (SSSR count). The standard InChI is InChI=1S/C16H15Cl2NO2S/c1-10(11-3-2-4-12(17)9-11)19-16(21)8-5-13(20)14-6-7-15(18)22-14/h2-4,6-7,9-10H,5,8H2,1H3,(H,19,21). The van der Waals surface area contributed by atoms with Crippen molar-refractivity contribution in [2.24, 2.45) is 0 Å². The first-order valence-corrected chi connectivity index (χ1v) is 8.36. The molecule has 1 amide bonds. The molecule has 0 saturated carbocycles. The molecule has 0 aliphatic carbocycles. The van der Waals surface area contributed by atoms with Gasteiger partial charge in [0.05, 0.1) is 15.3 Å². The highest BCUT2D eigenvalue weighted by Gasteiger charge is 2.14. The zero-order valence-electron chi connectivity index (χ0n) is 11.9. The first kappa shape index (κ1) is 17.0. The first-order chi connectivity index (χ1) is 10.5. The lowest BCUT2D eigenvalue weighted by Crippen LogP contribution is -2.26. The minimum Gasteiger partial charge on any atom is -0.350 e. The number of carbonyl (C=O) groups is 2. The van der Waals surface area contributed by atoms with Gasteiger partial charge in [0.1, 0.15) is 0 Å². The summed E-state index contributed by atoms with van der Waals surface area (Å²) in [6, 6.07) is 10.5. The molecule has 1 aromatic heterocycles. The monoisotopic (exact) mass is 355 g/mol. The second-order valence-corrected chi connectivity index (χ2v) is 7.02. The van der Waals surface area contributed by atoms with Gasteiger partial charge in [0.25, 0.3) is 0 Å². The Morgan fingerprint density at radius 2 is 1.95 bits per heavy atom. The zero-order valence-corrected chi connectivity index (χ0v) is 14.3. The second kappa shape index (κ2) is 7.77. The van der Waals surface area contributed by atoms with Gasteiger partial charge in [-0.3, -0.25) is 9.59 Å². The van der Waals surface area contributed by atoms with Crippen LogP contribution in [0.25, 0.3) is 0 Å². The Morgan fingerprint density at radius 3 is 2.59 bits per heavy atom. The molecule has 0 saturated heterocycles. The number of carbonyl (C=O) groups excluding carboxylic acids is 2. The molecule has 0 aliphatic heterocycles. The summed E-state index contributed by atoms with van der Waals surface area (Å²) in [6.45, 7) is 1.88. The van der Waals surface area contributed by atoms with Crippen LogP contribution in [-0.2, 0) is 4.79 Å². The summed E-state index contributed by atoms with van der Waals surface area (Å²) in [6.07, 6.45) is 0.324. The van der Waals surface area contributed by atoms with E-state index in [9.17, 15) is 9.59 Å². The van der Waals surface area contributed by atoms with Crippen LogP contribution in [0.5, 0.6) is 0 Å². The topological polar surface area (TPSA) is 46.2 Å². The molecule has 0 bridgehead atoms. The average Bonchev–Trinajstić information content (AvgIpc) is 2.91. The van der Waals surface area contributed by atoms with Crippen LogP contribution in [0.2, 0.25) is 9.36 Å². The fourth-order valence-corrected chi connectivity index (χ4v) is 3.20. The SMILES string of the molecule is CC(NC(=O)CCC(=O)c1ccc(Cl)s1)c1cccc(Cl)c1. The molecule has 0 fully saturated rings. The number of nitrogens with one attached hydrogen (secondary N) is 1. The Kier molecular flexibility index (Phi) is 6.00. The van der Waals surface area contributed by atoms with E-state index in [1.165, 1.54) is 11.3 Å². The van der Waals surface area contributed by atoms with Crippen LogP contribution in [0.15, 0.2) is 36.4 Å². The molecule has 0 radical (unpaired) electrons. The molecule has 1 N–H and O–H groups in total. The van der Waals surface area contributed by atoms with Gasteiger partial charge in [0.2, 0.25) is 5.91 Å². The highest BCUT2D eigenvalue weighted by Crippen LogP contribution is 2.23. The molecule has 1 atom stereocenters.